The van der Waals surface area contributed by atoms with Crippen LogP contribution in [0.15, 0.2) is 23.2 Å². The van der Waals surface area contributed by atoms with Crippen LogP contribution in [0.3, 0.4) is 0 Å². The van der Waals surface area contributed by atoms with Crippen LogP contribution >= 0.6 is 11.6 Å². The van der Waals surface area contributed by atoms with Crippen molar-refractivity contribution in [2.24, 2.45) is 10.9 Å². The second-order valence-corrected chi connectivity index (χ2v) is 6.99. The van der Waals surface area contributed by atoms with E-state index in [0.717, 1.165) is 45.0 Å². The molecule has 1 aliphatic carbocycles. The average molecular weight is 354 g/mol. The van der Waals surface area contributed by atoms with Crippen LogP contribution in [0.4, 0.5) is 4.39 Å². The molecule has 2 aliphatic rings. The Balaban J connectivity index is 1.63. The molecule has 0 spiro atoms. The van der Waals surface area contributed by atoms with Crippen molar-refractivity contribution < 1.29 is 9.13 Å². The quantitative estimate of drug-likeness (QED) is 0.652. The van der Waals surface area contributed by atoms with E-state index in [2.05, 4.69) is 15.2 Å². The first kappa shape index (κ1) is 17.5. The highest BCUT2D eigenvalue weighted by Gasteiger charge is 2.42. The molecule has 1 saturated heterocycles. The maximum atomic E-state index is 14.1. The molecule has 0 amide bonds. The van der Waals surface area contributed by atoms with Crippen LogP contribution in [0.1, 0.15) is 31.2 Å². The fourth-order valence-corrected chi connectivity index (χ4v) is 3.79. The Hall–Kier alpha value is -1.33. The summed E-state index contributed by atoms with van der Waals surface area (Å²) >= 11 is 6.19. The van der Waals surface area contributed by atoms with Crippen molar-refractivity contribution in [1.82, 2.24) is 10.2 Å². The number of likely N-dealkylation sites (tertiary alicyclic amines) is 1. The maximum absolute atomic E-state index is 14.1. The molecule has 1 aromatic carbocycles. The molecule has 0 bridgehead atoms. The molecule has 1 saturated carbocycles. The number of nitrogens with one attached hydrogen (secondary N) is 1. The molecule has 3 atom stereocenters. The third-order valence-corrected chi connectivity index (χ3v) is 5.10. The normalized spacial score (nSPS) is 26.8. The van der Waals surface area contributed by atoms with E-state index in [9.17, 15) is 4.39 Å². The molecule has 0 radical (unpaired) electrons. The monoisotopic (exact) mass is 353 g/mol. The number of methoxy groups -OCH3 is 1. The first-order chi connectivity index (χ1) is 11.6. The van der Waals surface area contributed by atoms with Gasteiger partial charge in [-0.1, -0.05) is 17.7 Å². The van der Waals surface area contributed by atoms with Crippen LogP contribution in [-0.2, 0) is 4.74 Å². The van der Waals surface area contributed by atoms with Crippen molar-refractivity contribution in [3.63, 3.8) is 0 Å². The summed E-state index contributed by atoms with van der Waals surface area (Å²) in [4.78, 5) is 6.90. The highest BCUT2D eigenvalue weighted by Crippen LogP contribution is 2.45. The van der Waals surface area contributed by atoms with Gasteiger partial charge in [0.2, 0.25) is 0 Å². The van der Waals surface area contributed by atoms with Crippen molar-refractivity contribution >= 4 is 17.6 Å². The zero-order valence-corrected chi connectivity index (χ0v) is 15.0. The number of hydrogen-bond donors (Lipinski definition) is 1. The largest absolute Gasteiger partial charge is 0.384 e. The molecule has 0 aromatic heterocycles. The van der Waals surface area contributed by atoms with E-state index in [1.54, 1.807) is 19.2 Å². The molecule has 24 heavy (non-hydrogen) atoms. The van der Waals surface area contributed by atoms with Crippen LogP contribution < -0.4 is 5.32 Å². The van der Waals surface area contributed by atoms with Gasteiger partial charge in [0.1, 0.15) is 5.82 Å². The number of aliphatic imine (C=N–C) groups is 1. The third kappa shape index (κ3) is 3.83. The standard InChI is InChI=1S/C18H25ClFN3O/c1-3-21-18(23-8-7-12(10-23)11-24-2)22-16-9-13(16)17-14(19)5-4-6-15(17)20/h4-6,12-13,16H,3,7-11H2,1-2H3,(H,21,22). The van der Waals surface area contributed by atoms with Crippen molar-refractivity contribution in [3.05, 3.63) is 34.6 Å². The minimum Gasteiger partial charge on any atom is -0.384 e. The van der Waals surface area contributed by atoms with Gasteiger partial charge in [0.25, 0.3) is 0 Å². The highest BCUT2D eigenvalue weighted by atomic mass is 35.5. The lowest BCUT2D eigenvalue weighted by molar-refractivity contribution is 0.157. The molecular formula is C18H25ClFN3O. The Labute approximate surface area is 148 Å². The van der Waals surface area contributed by atoms with Gasteiger partial charge in [-0.25, -0.2) is 4.39 Å². The minimum atomic E-state index is -0.216. The minimum absolute atomic E-state index is 0.123. The van der Waals surface area contributed by atoms with Crippen LogP contribution in [-0.4, -0.2) is 50.3 Å². The van der Waals surface area contributed by atoms with Crippen LogP contribution in [0.25, 0.3) is 0 Å². The summed E-state index contributed by atoms with van der Waals surface area (Å²) in [6, 6.07) is 5.08. The molecule has 1 heterocycles. The smallest absolute Gasteiger partial charge is 0.194 e. The Kier molecular flexibility index (Phi) is 5.61. The molecule has 3 rings (SSSR count). The lowest BCUT2D eigenvalue weighted by atomic mass is 10.1. The second-order valence-electron chi connectivity index (χ2n) is 6.58. The topological polar surface area (TPSA) is 36.9 Å². The lowest BCUT2D eigenvalue weighted by Crippen LogP contribution is -2.42. The van der Waals surface area contributed by atoms with E-state index in [4.69, 9.17) is 16.3 Å². The Morgan fingerprint density at radius 3 is 3.04 bits per heavy atom. The average Bonchev–Trinajstić information content (AvgIpc) is 3.12. The van der Waals surface area contributed by atoms with Gasteiger partial charge < -0.3 is 15.0 Å². The van der Waals surface area contributed by atoms with Gasteiger partial charge in [-0.05, 0) is 31.9 Å². The summed E-state index contributed by atoms with van der Waals surface area (Å²) in [5.41, 5.74) is 0.631. The molecular weight excluding hydrogens is 329 g/mol. The van der Waals surface area contributed by atoms with Crippen LogP contribution in [0, 0.1) is 11.7 Å². The van der Waals surface area contributed by atoms with Crippen molar-refractivity contribution in [2.75, 3.05) is 33.4 Å². The summed E-state index contributed by atoms with van der Waals surface area (Å²) in [7, 11) is 1.74. The van der Waals surface area contributed by atoms with Crippen molar-refractivity contribution in [2.45, 2.75) is 31.7 Å². The molecule has 1 aromatic rings. The number of guanidine groups is 1. The summed E-state index contributed by atoms with van der Waals surface area (Å²) in [5.74, 6) is 1.39. The number of rotatable bonds is 5. The van der Waals surface area contributed by atoms with Crippen LogP contribution in [0.5, 0.6) is 0 Å². The summed E-state index contributed by atoms with van der Waals surface area (Å²) < 4.78 is 19.3. The zero-order chi connectivity index (χ0) is 17.1. The van der Waals surface area contributed by atoms with Gasteiger partial charge in [-0.2, -0.15) is 0 Å². The van der Waals surface area contributed by atoms with Gasteiger partial charge in [-0.15, -0.1) is 0 Å². The molecule has 1 N–H and O–H groups in total. The summed E-state index contributed by atoms with van der Waals surface area (Å²) in [6.45, 7) is 5.48. The first-order valence-corrected chi connectivity index (χ1v) is 9.00. The van der Waals surface area contributed by atoms with E-state index in [0.29, 0.717) is 16.5 Å². The van der Waals surface area contributed by atoms with E-state index in [1.807, 2.05) is 6.92 Å². The summed E-state index contributed by atoms with van der Waals surface area (Å²) in [5, 5.41) is 4.02. The zero-order valence-electron chi connectivity index (χ0n) is 14.3. The highest BCUT2D eigenvalue weighted by molar-refractivity contribution is 6.31. The SMILES string of the molecule is CCN=C(NC1CC1c1c(F)cccc1Cl)N1CCC(COC)C1. The molecule has 1 aliphatic heterocycles. The van der Waals surface area contributed by atoms with Gasteiger partial charge >= 0.3 is 0 Å². The summed E-state index contributed by atoms with van der Waals surface area (Å²) in [6.07, 6.45) is 2.00. The van der Waals surface area contributed by atoms with Gasteiger partial charge in [0.05, 0.1) is 6.61 Å². The fraction of sp³-hybridized carbons (Fsp3) is 0.611. The Bertz CT molecular complexity index is 590. The number of nitrogens with zero attached hydrogens (tertiary/aromatic N) is 2. The number of benzene rings is 1. The Morgan fingerprint density at radius 1 is 1.50 bits per heavy atom. The van der Waals surface area contributed by atoms with Crippen molar-refractivity contribution in [1.29, 1.82) is 0 Å². The Morgan fingerprint density at radius 2 is 2.33 bits per heavy atom. The van der Waals surface area contributed by atoms with E-state index in [-0.39, 0.29) is 17.8 Å². The van der Waals surface area contributed by atoms with E-state index >= 15 is 0 Å². The lowest BCUT2D eigenvalue weighted by Gasteiger charge is -2.22. The van der Waals surface area contributed by atoms with Crippen molar-refractivity contribution in [3.8, 4) is 0 Å². The second kappa shape index (κ2) is 7.70. The van der Waals surface area contributed by atoms with E-state index in [1.165, 1.54) is 6.07 Å². The molecule has 4 nitrogen and oxygen atoms in total. The number of hydrogen-bond acceptors (Lipinski definition) is 2. The van der Waals surface area contributed by atoms with Gasteiger partial charge in [0.15, 0.2) is 5.96 Å². The molecule has 6 heteroatoms. The van der Waals surface area contributed by atoms with Gasteiger partial charge in [-0.3, -0.25) is 4.99 Å². The maximum Gasteiger partial charge on any atom is 0.194 e. The molecule has 3 unspecified atom stereocenters. The molecule has 2 fully saturated rings. The van der Waals surface area contributed by atoms with Crippen LogP contribution in [0.2, 0.25) is 5.02 Å². The number of halogens is 2. The fourth-order valence-electron chi connectivity index (χ4n) is 3.49. The molecule has 132 valence electrons. The van der Waals surface area contributed by atoms with Gasteiger partial charge in [0, 0.05) is 55.2 Å². The predicted molar refractivity (Wildman–Crippen MR) is 95.2 cm³/mol. The number of ether oxygens (including phenoxy) is 1. The van der Waals surface area contributed by atoms with E-state index < -0.39 is 0 Å². The third-order valence-electron chi connectivity index (χ3n) is 4.77. The first-order valence-electron chi connectivity index (χ1n) is 8.62. The predicted octanol–water partition coefficient (Wildman–Crippen LogP) is 3.27.